The second-order valence-corrected chi connectivity index (χ2v) is 17.9. The highest BCUT2D eigenvalue weighted by molar-refractivity contribution is 7.44. The Bertz CT molecular complexity index is 2390. The lowest BCUT2D eigenvalue weighted by Crippen LogP contribution is -2.55. The van der Waals surface area contributed by atoms with Gasteiger partial charge in [0.15, 0.2) is 6.23 Å². The second-order valence-electron chi connectivity index (χ2n) is 16.5. The second kappa shape index (κ2) is 19.7. The first-order valence-electron chi connectivity index (χ1n) is 21.4. The monoisotopic (exact) mass is 889 g/mol. The van der Waals surface area contributed by atoms with E-state index in [2.05, 4.69) is 48.7 Å². The van der Waals surface area contributed by atoms with Crippen LogP contribution >= 0.6 is 8.53 Å². The van der Waals surface area contributed by atoms with E-state index >= 15 is 0 Å². The van der Waals surface area contributed by atoms with Crippen LogP contribution in [0, 0.1) is 11.3 Å². The van der Waals surface area contributed by atoms with E-state index in [4.69, 9.17) is 32.7 Å². The molecule has 1 N–H and O–H groups in total. The quantitative estimate of drug-likeness (QED) is 0.0479. The standard InChI is InChI=1S/C49H56N5O9P/c1-33(2)54(34(3)4)64(60-31-15-29-50)63-44-47(6)45(53-30-28-42(52-46(53)56)51-43(55)36-16-11-9-12-17-36)62-48(44,32-59-47)35(5)61-49(37-18-13-10-14-19-37,38-20-24-40(57-7)25-21-38)39-22-26-41(58-8)27-23-39/h9-14,16-28,30,33-35,44-45H,15,31-32H2,1-8H3,(H,51,52,55,56)/t35-,44-,45-,47-,48?,64?/m1/s1. The summed E-state index contributed by atoms with van der Waals surface area (Å²) in [6, 6.07) is 37.9. The van der Waals surface area contributed by atoms with Crippen molar-refractivity contribution in [1.29, 1.82) is 5.26 Å². The van der Waals surface area contributed by atoms with Crippen molar-refractivity contribution in [2.75, 3.05) is 32.8 Å². The van der Waals surface area contributed by atoms with E-state index in [1.54, 1.807) is 44.6 Å². The van der Waals surface area contributed by atoms with E-state index in [1.165, 1.54) is 10.8 Å². The predicted molar refractivity (Wildman–Crippen MR) is 243 cm³/mol. The number of methoxy groups -OCH3 is 2. The molecule has 5 aromatic rings. The Hall–Kier alpha value is -5.49. The van der Waals surface area contributed by atoms with Crippen molar-refractivity contribution < 1.29 is 37.5 Å². The number of anilines is 1. The molecule has 2 unspecified atom stereocenters. The highest BCUT2D eigenvalue weighted by atomic mass is 31.2. The van der Waals surface area contributed by atoms with Gasteiger partial charge >= 0.3 is 5.69 Å². The van der Waals surface area contributed by atoms with Crippen LogP contribution in [0.1, 0.15) is 81.2 Å². The Kier molecular flexibility index (Phi) is 14.3. The van der Waals surface area contributed by atoms with Crippen LogP contribution in [0.15, 0.2) is 126 Å². The topological polar surface area (TPSA) is 156 Å². The van der Waals surface area contributed by atoms with Gasteiger partial charge in [-0.25, -0.2) is 9.46 Å². The van der Waals surface area contributed by atoms with E-state index < -0.39 is 55.4 Å². The molecule has 2 fully saturated rings. The molecular formula is C49H56N5O9P. The van der Waals surface area contributed by atoms with E-state index in [0.29, 0.717) is 17.1 Å². The van der Waals surface area contributed by atoms with Gasteiger partial charge in [-0.15, -0.1) is 0 Å². The molecule has 0 spiro atoms. The number of nitrogens with one attached hydrogen (secondary N) is 1. The Balaban J connectivity index is 1.37. The van der Waals surface area contributed by atoms with E-state index in [1.807, 2.05) is 98.8 Å². The molecule has 7 rings (SSSR count). The van der Waals surface area contributed by atoms with Crippen LogP contribution in [0.25, 0.3) is 0 Å². The van der Waals surface area contributed by atoms with Gasteiger partial charge in [0.1, 0.15) is 40.2 Å². The summed E-state index contributed by atoms with van der Waals surface area (Å²) in [4.78, 5) is 31.4. The third-order valence-electron chi connectivity index (χ3n) is 11.8. The Morgan fingerprint density at radius 1 is 0.891 bits per heavy atom. The van der Waals surface area contributed by atoms with Crippen molar-refractivity contribution in [3.63, 3.8) is 0 Å². The smallest absolute Gasteiger partial charge is 0.351 e. The number of nitrogens with zero attached hydrogens (tertiary/aromatic N) is 4. The molecule has 0 aliphatic carbocycles. The molecule has 2 bridgehead atoms. The number of hydrogen-bond donors (Lipinski definition) is 1. The van der Waals surface area contributed by atoms with Crippen LogP contribution in [0.2, 0.25) is 0 Å². The van der Waals surface area contributed by atoms with Gasteiger partial charge < -0.3 is 38.0 Å². The van der Waals surface area contributed by atoms with Gasteiger partial charge in [0.2, 0.25) is 0 Å². The average Bonchev–Trinajstić information content (AvgIpc) is 3.72. The number of nitriles is 1. The molecule has 0 saturated carbocycles. The molecule has 2 aliphatic heterocycles. The highest BCUT2D eigenvalue weighted by Crippen LogP contribution is 2.61. The zero-order valence-electron chi connectivity index (χ0n) is 37.5. The minimum Gasteiger partial charge on any atom is -0.497 e. The predicted octanol–water partition coefficient (Wildman–Crippen LogP) is 8.63. The summed E-state index contributed by atoms with van der Waals surface area (Å²) >= 11 is 0. The van der Waals surface area contributed by atoms with Gasteiger partial charge in [-0.1, -0.05) is 72.8 Å². The summed E-state index contributed by atoms with van der Waals surface area (Å²) < 4.78 is 50.2. The van der Waals surface area contributed by atoms with Gasteiger partial charge in [0.25, 0.3) is 14.4 Å². The van der Waals surface area contributed by atoms with Crippen LogP contribution in [0.4, 0.5) is 5.82 Å². The molecular weight excluding hydrogens is 834 g/mol. The molecule has 3 heterocycles. The largest absolute Gasteiger partial charge is 0.497 e. The minimum atomic E-state index is -1.85. The fourth-order valence-electron chi connectivity index (χ4n) is 8.70. The zero-order chi connectivity index (χ0) is 45.6. The van der Waals surface area contributed by atoms with E-state index in [0.717, 1.165) is 16.7 Å². The number of fused-ring (bicyclic) bond motifs is 2. The third kappa shape index (κ3) is 8.95. The molecule has 14 nitrogen and oxygen atoms in total. The summed E-state index contributed by atoms with van der Waals surface area (Å²) in [6.45, 7) is 12.2. The van der Waals surface area contributed by atoms with E-state index in [-0.39, 0.29) is 37.5 Å². The maximum absolute atomic E-state index is 14.1. The van der Waals surface area contributed by atoms with Crippen molar-refractivity contribution >= 4 is 20.3 Å². The lowest BCUT2D eigenvalue weighted by atomic mass is 9.79. The normalized spacial score (nSPS) is 21.5. The minimum absolute atomic E-state index is 0.0105. The molecule has 15 heteroatoms. The summed E-state index contributed by atoms with van der Waals surface area (Å²) in [6.07, 6.45) is -1.11. The number of carbonyl (C=O) groups is 1. The Morgan fingerprint density at radius 2 is 1.45 bits per heavy atom. The first-order chi connectivity index (χ1) is 30.8. The molecule has 4 aromatic carbocycles. The van der Waals surface area contributed by atoms with Crippen LogP contribution in [0.5, 0.6) is 11.5 Å². The first-order valence-corrected chi connectivity index (χ1v) is 22.5. The summed E-state index contributed by atoms with van der Waals surface area (Å²) in [5.41, 5.74) is -1.75. The zero-order valence-corrected chi connectivity index (χ0v) is 38.4. The highest BCUT2D eigenvalue weighted by Gasteiger charge is 2.73. The molecule has 2 aliphatic rings. The van der Waals surface area contributed by atoms with Crippen molar-refractivity contribution in [1.82, 2.24) is 14.2 Å². The number of benzene rings is 4. The molecule has 2 saturated heterocycles. The number of aromatic nitrogens is 2. The van der Waals surface area contributed by atoms with Crippen molar-refractivity contribution in [3.05, 3.63) is 154 Å². The van der Waals surface area contributed by atoms with Gasteiger partial charge in [-0.3, -0.25) is 9.36 Å². The third-order valence-corrected chi connectivity index (χ3v) is 13.9. The molecule has 6 atom stereocenters. The van der Waals surface area contributed by atoms with Gasteiger partial charge in [0, 0.05) is 23.8 Å². The van der Waals surface area contributed by atoms with Crippen molar-refractivity contribution in [2.45, 2.75) is 95.3 Å². The van der Waals surface area contributed by atoms with Gasteiger partial charge in [-0.2, -0.15) is 10.2 Å². The van der Waals surface area contributed by atoms with Gasteiger partial charge in [-0.05, 0) is 101 Å². The molecule has 336 valence electrons. The Morgan fingerprint density at radius 3 is 1.98 bits per heavy atom. The fraction of sp³-hybridized carbons (Fsp3) is 0.388. The van der Waals surface area contributed by atoms with Crippen LogP contribution in [0.3, 0.4) is 0 Å². The molecule has 1 aromatic heterocycles. The molecule has 0 radical (unpaired) electrons. The number of amides is 1. The first kappa shape index (κ1) is 46.5. The average molecular weight is 890 g/mol. The lowest BCUT2D eigenvalue weighted by molar-refractivity contribution is -0.244. The molecule has 64 heavy (non-hydrogen) atoms. The maximum atomic E-state index is 14.1. The Labute approximate surface area is 376 Å². The number of rotatable bonds is 19. The van der Waals surface area contributed by atoms with Crippen LogP contribution < -0.4 is 20.5 Å². The summed E-state index contributed by atoms with van der Waals surface area (Å²) in [5, 5.41) is 12.2. The lowest BCUT2D eigenvalue weighted by Gasteiger charge is -2.44. The number of hydrogen-bond acceptors (Lipinski definition) is 12. The summed E-state index contributed by atoms with van der Waals surface area (Å²) in [7, 11) is 1.40. The van der Waals surface area contributed by atoms with Crippen LogP contribution in [-0.4, -0.2) is 83.1 Å². The number of carbonyl (C=O) groups excluding carboxylic acids is 1. The summed E-state index contributed by atoms with van der Waals surface area (Å²) in [5.74, 6) is 1.03. The fourth-order valence-corrected chi connectivity index (χ4v) is 10.6. The van der Waals surface area contributed by atoms with Crippen molar-refractivity contribution in [3.8, 4) is 17.6 Å². The van der Waals surface area contributed by atoms with Crippen LogP contribution in [-0.2, 0) is 28.9 Å². The SMILES string of the molecule is COc1ccc(C(O[C@H](C)C23CO[C@@](C)([C@H](n4ccc(NC(=O)c5ccccc5)nc4=O)O2)[C@H]3OP(OCCC#N)N(C(C)C)C(C)C)(c2ccccc2)c2ccc(OC)cc2)cc1. The number of ether oxygens (including phenoxy) is 5. The molecule has 1 amide bonds. The van der Waals surface area contributed by atoms with Gasteiger partial charge in [0.05, 0.1) is 46.0 Å². The van der Waals surface area contributed by atoms with Crippen molar-refractivity contribution in [2.24, 2.45) is 0 Å². The maximum Gasteiger partial charge on any atom is 0.351 e. The van der Waals surface area contributed by atoms with E-state index in [9.17, 15) is 14.9 Å².